The smallest absolute Gasteiger partial charge is 0.0704 e. The van der Waals surface area contributed by atoms with Gasteiger partial charge in [0, 0.05) is 427 Å². The van der Waals surface area contributed by atoms with Crippen LogP contribution in [0.2, 0.25) is 0 Å². The molecule has 0 unspecified atom stereocenters. The number of unbranched alkanes of at least 4 members (excludes halogenated alkanes) is 2. The van der Waals surface area contributed by atoms with Crippen LogP contribution in [0.1, 0.15) is 37.3 Å². The molecule has 2 aromatic carbocycles. The van der Waals surface area contributed by atoms with Gasteiger partial charge in [-0.2, -0.15) is 0 Å². The van der Waals surface area contributed by atoms with E-state index < -0.39 is 0 Å². The Labute approximate surface area is 546 Å². The highest BCUT2D eigenvalue weighted by molar-refractivity contribution is 8.81. The van der Waals surface area contributed by atoms with Crippen molar-refractivity contribution in [3.8, 4) is 0 Å². The lowest BCUT2D eigenvalue weighted by atomic mass is 10.0. The average Bonchev–Trinajstić information content (AvgIpc) is 3.40. The van der Waals surface area contributed by atoms with Crippen molar-refractivity contribution in [1.29, 1.82) is 0 Å². The predicted octanol–water partition coefficient (Wildman–Crippen LogP) is 6.40. The summed E-state index contributed by atoms with van der Waals surface area (Å²) in [6.07, 6.45) is 8.82. The molecule has 0 spiro atoms. The lowest BCUT2D eigenvalue weighted by Crippen LogP contribution is -1.89. The van der Waals surface area contributed by atoms with E-state index in [-0.39, 0.29) is 0 Å². The third-order valence-corrected chi connectivity index (χ3v) is 99.2. The molecule has 0 aliphatic heterocycles. The highest BCUT2D eigenvalue weighted by Crippen LogP contribution is 2.18. The second kappa shape index (κ2) is 60.3. The molecule has 0 fully saturated rings. The Kier molecular flexibility index (Phi) is 63.1. The molecule has 2 nitrogen and oxygen atoms in total. The summed E-state index contributed by atoms with van der Waals surface area (Å²) >= 11 is 9.62. The number of benzene rings is 2. The number of hydrogen-bond acceptors (Lipinski definition) is 4. The van der Waals surface area contributed by atoms with E-state index in [1.807, 2.05) is 300 Å². The van der Waals surface area contributed by atoms with Gasteiger partial charge in [-0.15, -0.1) is 0 Å². The Balaban J connectivity index is 0.000000523. The topological polar surface area (TPSA) is 25.8 Å². The molecule has 0 saturated heterocycles. The zero-order chi connectivity index (χ0) is 50.6. The molecule has 4 aromatic rings. The quantitative estimate of drug-likeness (QED) is 0.221. The van der Waals surface area contributed by atoms with Gasteiger partial charge in [0.25, 0.3) is 0 Å². The summed E-state index contributed by atoms with van der Waals surface area (Å²) in [6.45, 7) is 4.34. The van der Waals surface area contributed by atoms with Gasteiger partial charge in [-0.25, -0.2) is 0 Å². The fourth-order valence-electron chi connectivity index (χ4n) is 3.64. The first-order valence-corrected chi connectivity index (χ1v) is 75.4. The van der Waals surface area contributed by atoms with Crippen LogP contribution < -0.4 is 0 Å². The van der Waals surface area contributed by atoms with E-state index in [0.717, 1.165) is 11.0 Å². The molecule has 0 amide bonds. The molecule has 0 atom stereocenters. The van der Waals surface area contributed by atoms with Crippen molar-refractivity contribution in [3.05, 3.63) is 84.2 Å². The van der Waals surface area contributed by atoms with Crippen molar-refractivity contribution >= 4 is 426 Å². The van der Waals surface area contributed by atoms with Crippen molar-refractivity contribution in [2.24, 2.45) is 0 Å². The van der Waals surface area contributed by atoms with E-state index in [1.165, 1.54) is 65.3 Å². The van der Waals surface area contributed by atoms with Crippen LogP contribution in [0.5, 0.6) is 0 Å². The molecule has 0 N–H and O–H groups in total. The molecular weight excluding hydrogens is 1760 g/mol. The number of nitrogens with zero attached hydrogens (tertiary/aromatic N) is 2. The zero-order valence-electron chi connectivity index (χ0n) is 34.0. The van der Waals surface area contributed by atoms with E-state index in [4.69, 9.17) is 22.4 Å². The van der Waals surface area contributed by atoms with Crippen molar-refractivity contribution < 1.29 is 0 Å². The summed E-state index contributed by atoms with van der Waals surface area (Å²) in [5, 5.41) is 2.56. The molecule has 71 heavy (non-hydrogen) atoms. The molecule has 0 saturated carbocycles. The van der Waals surface area contributed by atoms with Crippen LogP contribution in [-0.4, -0.2) is 9.97 Å². The van der Waals surface area contributed by atoms with Crippen molar-refractivity contribution in [2.45, 2.75) is 39.5 Å². The standard InChI is InChI=1S/C14H17N.C10H9N.S45/c1-2-3-4-7-12-10-11-15-14-9-6-5-8-13(12)14;1-8-6-7-11-10-5-3-2-4-9(8)10;1-3-5-7-9-11-13-15-17-19-21-23-25-27-29-31-33-35-37-39-41-43-45-44-42-40-38-36-34-32-30-28-26-24-22-20-18-16-14-12-10-8-6-4-2/h5-6,8-11H,2-4,7H2,1H3;2-7H,1H3;. The van der Waals surface area contributed by atoms with Crippen LogP contribution in [0, 0.1) is 6.92 Å². The Morgan fingerprint density at radius 1 is 0.324 bits per heavy atom. The summed E-state index contributed by atoms with van der Waals surface area (Å²) in [7, 11) is 76.6. The van der Waals surface area contributed by atoms with Gasteiger partial charge in [-0.05, 0) is 55.2 Å². The third-order valence-electron chi connectivity index (χ3n) is 5.82. The first-order valence-electron chi connectivity index (χ1n) is 16.8. The van der Waals surface area contributed by atoms with Crippen LogP contribution in [-0.2, 0) is 411 Å². The molecule has 0 bridgehead atoms. The Morgan fingerprint density at radius 3 is 0.887 bits per heavy atom. The van der Waals surface area contributed by atoms with E-state index >= 15 is 0 Å². The Bertz CT molecular complexity index is 4330. The molecule has 2 heterocycles. The van der Waals surface area contributed by atoms with Crippen LogP contribution in [0.4, 0.5) is 0 Å². The number of para-hydroxylation sites is 2. The molecule has 47 heteroatoms. The zero-order valence-corrected chi connectivity index (χ0v) is 70.8. The first kappa shape index (κ1) is 74.3. The Morgan fingerprint density at radius 2 is 0.592 bits per heavy atom. The lowest BCUT2D eigenvalue weighted by Gasteiger charge is -2.04. The Hall–Kier alpha value is 7.16. The summed E-state index contributed by atoms with van der Waals surface area (Å²) < 4.78 is 0. The molecular formula is C24H26N2S45. The van der Waals surface area contributed by atoms with Gasteiger partial charge >= 0.3 is 0 Å². The van der Waals surface area contributed by atoms with Crippen molar-refractivity contribution in [3.63, 3.8) is 0 Å². The summed E-state index contributed by atoms with van der Waals surface area (Å²) in [5.41, 5.74) is 4.92. The molecule has 4 rings (SSSR count). The molecule has 0 aliphatic rings. The van der Waals surface area contributed by atoms with Gasteiger partial charge in [0.1, 0.15) is 0 Å². The highest BCUT2D eigenvalue weighted by atomic mass is 33.5. The van der Waals surface area contributed by atoms with Gasteiger partial charge in [0.15, 0.2) is 0 Å². The van der Waals surface area contributed by atoms with Gasteiger partial charge in [0.2, 0.25) is 0 Å². The normalized spacial score (nSPS) is 8.76. The highest BCUT2D eigenvalue weighted by Gasteiger charge is 2.00. The maximum atomic E-state index is 4.81. The number of pyridine rings is 2. The number of hydrogen-bond donors (Lipinski definition) is 0. The number of aryl methyl sites for hydroxylation is 2. The minimum absolute atomic E-state index is 1.08. The molecule has 0 radical (unpaired) electrons. The minimum atomic E-state index is 1.08. The maximum absolute atomic E-state index is 4.81. The van der Waals surface area contributed by atoms with E-state index in [0.29, 0.717) is 0 Å². The first-order chi connectivity index (χ1) is 35.2. The number of rotatable bonds is 4. The van der Waals surface area contributed by atoms with Crippen molar-refractivity contribution in [1.82, 2.24) is 9.97 Å². The van der Waals surface area contributed by atoms with E-state index in [2.05, 4.69) is 54.1 Å². The van der Waals surface area contributed by atoms with Crippen LogP contribution in [0.25, 0.3) is 21.8 Å². The lowest BCUT2D eigenvalue weighted by molar-refractivity contribution is 0.719. The minimum Gasteiger partial charge on any atom is -0.256 e. The SMILES string of the molecule is CCCCCc1ccnc2ccccc12.Cc1ccnc2ccccc12.S=S=S=S=S=S=S=S=S=S=S=S=S=S=S=S=S=S=S=S=S=S=S=S=S=S=S=S=S=S=S=S=S=S=S=S=S=S=S=S=S=S=S=S=S. The second-order valence-corrected chi connectivity index (χ2v) is 85.6. The summed E-state index contributed by atoms with van der Waals surface area (Å²) in [4.78, 5) is 8.61. The second-order valence-electron chi connectivity index (χ2n) is 9.52. The predicted molar refractivity (Wildman–Crippen MR) is 443 cm³/mol. The monoisotopic (exact) mass is 1780 g/mol. The van der Waals surface area contributed by atoms with Gasteiger partial charge in [0.05, 0.1) is 11.0 Å². The average molecular weight is 1790 g/mol. The number of fused-ring (bicyclic) bond motifs is 2. The fourth-order valence-corrected chi connectivity index (χ4v) is 116. The molecule has 402 valence electrons. The van der Waals surface area contributed by atoms with Crippen LogP contribution in [0.15, 0.2) is 73.1 Å². The fraction of sp³-hybridized carbons (Fsp3) is 0.250. The molecule has 0 aliphatic carbocycles. The third kappa shape index (κ3) is 47.1. The van der Waals surface area contributed by atoms with Crippen LogP contribution >= 0.6 is 0 Å². The molecule has 2 aromatic heterocycles. The van der Waals surface area contributed by atoms with Crippen LogP contribution in [0.3, 0.4) is 0 Å². The van der Waals surface area contributed by atoms with Gasteiger partial charge in [-0.3, -0.25) is 9.97 Å². The maximum Gasteiger partial charge on any atom is 0.0704 e. The van der Waals surface area contributed by atoms with Gasteiger partial charge < -0.3 is 0 Å². The van der Waals surface area contributed by atoms with E-state index in [9.17, 15) is 0 Å². The number of aromatic nitrogens is 2. The summed E-state index contributed by atoms with van der Waals surface area (Å²) in [6, 6.07) is 20.7. The van der Waals surface area contributed by atoms with Gasteiger partial charge in [-0.1, -0.05) is 56.2 Å². The summed E-state index contributed by atoms with van der Waals surface area (Å²) in [5.74, 6) is 0. The van der Waals surface area contributed by atoms with E-state index in [1.54, 1.807) is 107 Å². The largest absolute Gasteiger partial charge is 0.256 e. The van der Waals surface area contributed by atoms with Crippen molar-refractivity contribution in [2.75, 3.05) is 0 Å².